The zero-order valence-electron chi connectivity index (χ0n) is 7.42. The molecule has 0 fully saturated rings. The molecule has 3 heteroatoms. The molecule has 0 atom stereocenters. The lowest BCUT2D eigenvalue weighted by Gasteiger charge is -2.06. The van der Waals surface area contributed by atoms with E-state index in [4.69, 9.17) is 0 Å². The van der Waals surface area contributed by atoms with Crippen molar-refractivity contribution >= 4 is 0 Å². The van der Waals surface area contributed by atoms with Crippen LogP contribution in [0.2, 0.25) is 0 Å². The first-order valence-corrected chi connectivity index (χ1v) is 4.09. The molecule has 0 aliphatic rings. The van der Waals surface area contributed by atoms with Crippen LogP contribution in [0.4, 0.5) is 0 Å². The summed E-state index contributed by atoms with van der Waals surface area (Å²) < 4.78 is 0. The van der Waals surface area contributed by atoms with Gasteiger partial charge in [0, 0.05) is 36.6 Å². The highest BCUT2D eigenvalue weighted by atomic mass is 16.1. The van der Waals surface area contributed by atoms with Crippen LogP contribution in [-0.4, -0.2) is 11.0 Å². The van der Waals surface area contributed by atoms with Gasteiger partial charge in [-0.05, 0) is 0 Å². The summed E-state index contributed by atoms with van der Waals surface area (Å²) in [6.07, 6.45) is 3.37. The second kappa shape index (κ2) is 4.07. The van der Waals surface area contributed by atoms with Gasteiger partial charge in [-0.3, -0.25) is 4.79 Å². The fraction of sp³-hybridized carbons (Fsp3) is 0.444. The van der Waals surface area contributed by atoms with Gasteiger partial charge in [-0.1, -0.05) is 13.8 Å². The predicted octanol–water partition coefficient (Wildman–Crippen LogP) is 0.873. The first kappa shape index (κ1) is 9.00. The molecule has 3 nitrogen and oxygen atoms in total. The first-order valence-electron chi connectivity index (χ1n) is 4.09. The zero-order valence-corrected chi connectivity index (χ0v) is 7.42. The minimum Gasteiger partial charge on any atom is -0.367 e. The van der Waals surface area contributed by atoms with Crippen molar-refractivity contribution in [3.05, 3.63) is 34.2 Å². The quantitative estimate of drug-likeness (QED) is 0.700. The largest absolute Gasteiger partial charge is 0.367 e. The standard InChI is InChI=1S/C9H14N2O/c1-7(2)11-6-8-5-10-4-3-9(8)12/h3-5,7,11H,6H2,1-2H3,(H,10,12). The molecule has 0 unspecified atom stereocenters. The number of pyridine rings is 1. The van der Waals surface area contributed by atoms with Gasteiger partial charge in [0.25, 0.3) is 0 Å². The molecule has 66 valence electrons. The molecular weight excluding hydrogens is 152 g/mol. The van der Waals surface area contributed by atoms with Crippen LogP contribution in [0.5, 0.6) is 0 Å². The summed E-state index contributed by atoms with van der Waals surface area (Å²) in [4.78, 5) is 14.1. The van der Waals surface area contributed by atoms with E-state index in [1.165, 1.54) is 6.07 Å². The molecule has 1 rings (SSSR count). The van der Waals surface area contributed by atoms with Crippen molar-refractivity contribution < 1.29 is 0 Å². The number of nitrogens with one attached hydrogen (secondary N) is 2. The van der Waals surface area contributed by atoms with E-state index >= 15 is 0 Å². The van der Waals surface area contributed by atoms with Gasteiger partial charge in [-0.2, -0.15) is 0 Å². The second-order valence-corrected chi connectivity index (χ2v) is 3.07. The molecule has 1 aromatic heterocycles. The van der Waals surface area contributed by atoms with Crippen molar-refractivity contribution in [3.63, 3.8) is 0 Å². The number of rotatable bonds is 3. The van der Waals surface area contributed by atoms with Crippen LogP contribution in [0.25, 0.3) is 0 Å². The van der Waals surface area contributed by atoms with E-state index in [2.05, 4.69) is 24.1 Å². The Kier molecular flexibility index (Phi) is 3.05. The van der Waals surface area contributed by atoms with E-state index in [1.807, 2.05) is 0 Å². The summed E-state index contributed by atoms with van der Waals surface area (Å²) in [5.41, 5.74) is 0.869. The average Bonchev–Trinajstić information content (AvgIpc) is 2.03. The van der Waals surface area contributed by atoms with Crippen molar-refractivity contribution in [1.82, 2.24) is 10.3 Å². The molecule has 0 aliphatic carbocycles. The second-order valence-electron chi connectivity index (χ2n) is 3.07. The molecule has 0 aliphatic heterocycles. The summed E-state index contributed by atoms with van der Waals surface area (Å²) >= 11 is 0. The third kappa shape index (κ3) is 2.51. The Morgan fingerprint density at radius 1 is 1.58 bits per heavy atom. The Balaban J connectivity index is 2.64. The molecule has 0 radical (unpaired) electrons. The maximum atomic E-state index is 11.2. The Morgan fingerprint density at radius 3 is 2.92 bits per heavy atom. The molecule has 2 N–H and O–H groups in total. The van der Waals surface area contributed by atoms with E-state index in [9.17, 15) is 4.79 Å². The highest BCUT2D eigenvalue weighted by Crippen LogP contribution is 1.88. The lowest BCUT2D eigenvalue weighted by molar-refractivity contribution is 0.586. The summed E-state index contributed by atoms with van der Waals surface area (Å²) in [6, 6.07) is 1.95. The van der Waals surface area contributed by atoms with E-state index in [-0.39, 0.29) is 5.43 Å². The van der Waals surface area contributed by atoms with Crippen molar-refractivity contribution in [3.8, 4) is 0 Å². The molecular formula is C9H14N2O. The Morgan fingerprint density at radius 2 is 2.33 bits per heavy atom. The van der Waals surface area contributed by atoms with Crippen molar-refractivity contribution in [2.24, 2.45) is 0 Å². The minimum atomic E-state index is 0.0851. The molecule has 0 saturated heterocycles. The van der Waals surface area contributed by atoms with Crippen LogP contribution in [0.3, 0.4) is 0 Å². The fourth-order valence-electron chi connectivity index (χ4n) is 0.903. The molecule has 0 aromatic carbocycles. The van der Waals surface area contributed by atoms with Crippen LogP contribution < -0.4 is 10.7 Å². The molecule has 1 heterocycles. The molecule has 12 heavy (non-hydrogen) atoms. The number of hydrogen-bond acceptors (Lipinski definition) is 2. The minimum absolute atomic E-state index is 0.0851. The van der Waals surface area contributed by atoms with Gasteiger partial charge in [0.05, 0.1) is 0 Å². The van der Waals surface area contributed by atoms with Gasteiger partial charge in [-0.15, -0.1) is 0 Å². The average molecular weight is 166 g/mol. The van der Waals surface area contributed by atoms with Crippen LogP contribution in [-0.2, 0) is 6.54 Å². The molecule has 0 saturated carbocycles. The number of H-pyrrole nitrogens is 1. The Bertz CT molecular complexity index is 291. The third-order valence-electron chi connectivity index (χ3n) is 1.61. The lowest BCUT2D eigenvalue weighted by atomic mass is 10.2. The summed E-state index contributed by atoms with van der Waals surface area (Å²) in [6.45, 7) is 4.74. The Hall–Kier alpha value is -1.09. The van der Waals surface area contributed by atoms with Crippen molar-refractivity contribution in [2.75, 3.05) is 0 Å². The number of hydrogen-bond donors (Lipinski definition) is 2. The molecule has 1 aromatic rings. The van der Waals surface area contributed by atoms with E-state index in [1.54, 1.807) is 12.4 Å². The van der Waals surface area contributed by atoms with Crippen LogP contribution in [0.15, 0.2) is 23.3 Å². The normalized spacial score (nSPS) is 10.6. The maximum Gasteiger partial charge on any atom is 0.186 e. The molecule has 0 amide bonds. The van der Waals surface area contributed by atoms with Crippen molar-refractivity contribution in [1.29, 1.82) is 0 Å². The smallest absolute Gasteiger partial charge is 0.186 e. The zero-order chi connectivity index (χ0) is 8.97. The summed E-state index contributed by atoms with van der Waals surface area (Å²) in [5, 5.41) is 3.18. The van der Waals surface area contributed by atoms with Gasteiger partial charge in [0.15, 0.2) is 5.43 Å². The first-order chi connectivity index (χ1) is 5.70. The van der Waals surface area contributed by atoms with Crippen molar-refractivity contribution in [2.45, 2.75) is 26.4 Å². The van der Waals surface area contributed by atoms with E-state index < -0.39 is 0 Å². The fourth-order valence-corrected chi connectivity index (χ4v) is 0.903. The van der Waals surface area contributed by atoms with Gasteiger partial charge in [0.1, 0.15) is 0 Å². The van der Waals surface area contributed by atoms with Gasteiger partial charge in [-0.25, -0.2) is 0 Å². The van der Waals surface area contributed by atoms with Crippen LogP contribution in [0.1, 0.15) is 19.4 Å². The highest BCUT2D eigenvalue weighted by molar-refractivity contribution is 5.08. The maximum absolute atomic E-state index is 11.2. The van der Waals surface area contributed by atoms with E-state index in [0.29, 0.717) is 12.6 Å². The lowest BCUT2D eigenvalue weighted by Crippen LogP contribution is -2.25. The van der Waals surface area contributed by atoms with E-state index in [0.717, 1.165) is 5.56 Å². The number of aromatic amines is 1. The third-order valence-corrected chi connectivity index (χ3v) is 1.61. The molecule has 0 bridgehead atoms. The number of aromatic nitrogens is 1. The topological polar surface area (TPSA) is 44.9 Å². The van der Waals surface area contributed by atoms with Gasteiger partial charge < -0.3 is 10.3 Å². The SMILES string of the molecule is CC(C)NCc1c[nH]ccc1=O. The predicted molar refractivity (Wildman–Crippen MR) is 49.0 cm³/mol. The van der Waals surface area contributed by atoms with Crippen LogP contribution >= 0.6 is 0 Å². The summed E-state index contributed by atoms with van der Waals surface area (Å²) in [5.74, 6) is 0. The summed E-state index contributed by atoms with van der Waals surface area (Å²) in [7, 11) is 0. The van der Waals surface area contributed by atoms with Crippen LogP contribution in [0, 0.1) is 0 Å². The monoisotopic (exact) mass is 166 g/mol. The van der Waals surface area contributed by atoms with Gasteiger partial charge >= 0.3 is 0 Å². The molecule has 0 spiro atoms. The van der Waals surface area contributed by atoms with Gasteiger partial charge in [0.2, 0.25) is 0 Å². The highest BCUT2D eigenvalue weighted by Gasteiger charge is 1.97. The Labute approximate surface area is 71.8 Å².